The third kappa shape index (κ3) is 3.98. The van der Waals surface area contributed by atoms with Gasteiger partial charge in [-0.05, 0) is 30.4 Å². The maximum Gasteiger partial charge on any atom is 0.243 e. The Labute approximate surface area is 140 Å². The average molecular weight is 344 g/mol. The molecule has 7 heteroatoms. The fourth-order valence-electron chi connectivity index (χ4n) is 2.56. The zero-order valence-electron chi connectivity index (χ0n) is 12.1. The van der Waals surface area contributed by atoms with Gasteiger partial charge in [0.25, 0.3) is 0 Å². The van der Waals surface area contributed by atoms with E-state index in [9.17, 15) is 0 Å². The Balaban J connectivity index is 0.00000176. The summed E-state index contributed by atoms with van der Waals surface area (Å²) < 4.78 is 10.7. The molecule has 1 saturated heterocycles. The van der Waals surface area contributed by atoms with E-state index in [0.717, 1.165) is 31.6 Å². The molecule has 2 heterocycles. The molecular formula is C15H19Cl2N3O2. The van der Waals surface area contributed by atoms with Crippen LogP contribution in [0.1, 0.15) is 36.2 Å². The van der Waals surface area contributed by atoms with Gasteiger partial charge >= 0.3 is 0 Å². The van der Waals surface area contributed by atoms with Crippen LogP contribution in [0.4, 0.5) is 0 Å². The molecule has 0 aliphatic carbocycles. The van der Waals surface area contributed by atoms with Crippen molar-refractivity contribution in [1.82, 2.24) is 10.1 Å². The highest BCUT2D eigenvalue weighted by Gasteiger charge is 2.26. The van der Waals surface area contributed by atoms with Crippen LogP contribution in [0.3, 0.4) is 0 Å². The summed E-state index contributed by atoms with van der Waals surface area (Å²) in [7, 11) is 0. The molecule has 0 saturated carbocycles. The summed E-state index contributed by atoms with van der Waals surface area (Å²) in [5.74, 6) is 1.46. The molecular weight excluding hydrogens is 325 g/mol. The fraction of sp³-hybridized carbons (Fsp3) is 0.467. The summed E-state index contributed by atoms with van der Waals surface area (Å²) in [5.41, 5.74) is 7.21. The van der Waals surface area contributed by atoms with Crippen LogP contribution >= 0.6 is 24.0 Å². The van der Waals surface area contributed by atoms with Gasteiger partial charge in [-0.3, -0.25) is 0 Å². The summed E-state index contributed by atoms with van der Waals surface area (Å²) in [5, 5.41) is 4.72. The SMILES string of the molecule is Cl.NC(c1nc(Cc2ccccc2Cl)no1)C1CCOCC1. The second-order valence-corrected chi connectivity index (χ2v) is 5.70. The van der Waals surface area contributed by atoms with Crippen LogP contribution in [-0.2, 0) is 11.2 Å². The molecule has 2 aromatic rings. The van der Waals surface area contributed by atoms with E-state index in [0.29, 0.717) is 29.1 Å². The molecule has 120 valence electrons. The van der Waals surface area contributed by atoms with Crippen molar-refractivity contribution in [3.05, 3.63) is 46.6 Å². The van der Waals surface area contributed by atoms with Gasteiger partial charge in [0.1, 0.15) is 0 Å². The zero-order chi connectivity index (χ0) is 14.7. The van der Waals surface area contributed by atoms with Gasteiger partial charge in [0.15, 0.2) is 5.82 Å². The number of benzene rings is 1. The van der Waals surface area contributed by atoms with E-state index in [4.69, 9.17) is 26.6 Å². The normalized spacial score (nSPS) is 17.0. The highest BCUT2D eigenvalue weighted by molar-refractivity contribution is 6.31. The van der Waals surface area contributed by atoms with Crippen molar-refractivity contribution in [2.75, 3.05) is 13.2 Å². The minimum absolute atomic E-state index is 0. The third-order valence-corrected chi connectivity index (χ3v) is 4.22. The Kier molecular flexibility index (Phi) is 6.20. The lowest BCUT2D eigenvalue weighted by Crippen LogP contribution is -2.27. The monoisotopic (exact) mass is 343 g/mol. The Hall–Kier alpha value is -1.14. The van der Waals surface area contributed by atoms with E-state index in [1.165, 1.54) is 0 Å². The Morgan fingerprint density at radius 2 is 2.00 bits per heavy atom. The van der Waals surface area contributed by atoms with Crippen molar-refractivity contribution in [2.24, 2.45) is 11.7 Å². The third-order valence-electron chi connectivity index (χ3n) is 3.85. The summed E-state index contributed by atoms with van der Waals surface area (Å²) in [6, 6.07) is 7.42. The molecule has 1 aromatic heterocycles. The molecule has 1 aromatic carbocycles. The molecule has 5 nitrogen and oxygen atoms in total. The van der Waals surface area contributed by atoms with Crippen molar-refractivity contribution in [3.8, 4) is 0 Å². The molecule has 1 aliphatic heterocycles. The van der Waals surface area contributed by atoms with Crippen LogP contribution in [-0.4, -0.2) is 23.4 Å². The quantitative estimate of drug-likeness (QED) is 0.922. The second-order valence-electron chi connectivity index (χ2n) is 5.29. The van der Waals surface area contributed by atoms with Crippen LogP contribution in [0.2, 0.25) is 5.02 Å². The number of nitrogens with two attached hydrogens (primary N) is 1. The summed E-state index contributed by atoms with van der Waals surface area (Å²) in [6.07, 6.45) is 2.41. The molecule has 1 fully saturated rings. The average Bonchev–Trinajstić information content (AvgIpc) is 2.98. The number of rotatable bonds is 4. The minimum atomic E-state index is -0.221. The van der Waals surface area contributed by atoms with Gasteiger partial charge in [0.05, 0.1) is 6.04 Å². The lowest BCUT2D eigenvalue weighted by Gasteiger charge is -2.25. The van der Waals surface area contributed by atoms with Crippen LogP contribution in [0.15, 0.2) is 28.8 Å². The highest BCUT2D eigenvalue weighted by atomic mass is 35.5. The van der Waals surface area contributed by atoms with Gasteiger partial charge in [-0.25, -0.2) is 0 Å². The van der Waals surface area contributed by atoms with Gasteiger partial charge in [-0.1, -0.05) is 35.0 Å². The number of hydrogen-bond acceptors (Lipinski definition) is 5. The van der Waals surface area contributed by atoms with E-state index in [1.807, 2.05) is 24.3 Å². The summed E-state index contributed by atoms with van der Waals surface area (Å²) in [6.45, 7) is 1.50. The van der Waals surface area contributed by atoms with Crippen LogP contribution in [0, 0.1) is 5.92 Å². The molecule has 0 spiro atoms. The molecule has 0 radical (unpaired) electrons. The molecule has 0 bridgehead atoms. The van der Waals surface area contributed by atoms with Crippen molar-refractivity contribution in [1.29, 1.82) is 0 Å². The maximum absolute atomic E-state index is 6.23. The van der Waals surface area contributed by atoms with E-state index in [-0.39, 0.29) is 18.4 Å². The van der Waals surface area contributed by atoms with E-state index >= 15 is 0 Å². The zero-order valence-corrected chi connectivity index (χ0v) is 13.6. The maximum atomic E-state index is 6.23. The first-order chi connectivity index (χ1) is 10.2. The van der Waals surface area contributed by atoms with Gasteiger partial charge in [-0.15, -0.1) is 12.4 Å². The fourth-order valence-corrected chi connectivity index (χ4v) is 2.77. The Bertz CT molecular complexity index is 600. The molecule has 1 atom stereocenters. The molecule has 1 aliphatic rings. The Morgan fingerprint density at radius 3 is 2.73 bits per heavy atom. The molecule has 1 unspecified atom stereocenters. The number of hydrogen-bond donors (Lipinski definition) is 1. The van der Waals surface area contributed by atoms with Gasteiger partial charge in [-0.2, -0.15) is 4.98 Å². The van der Waals surface area contributed by atoms with Crippen molar-refractivity contribution < 1.29 is 9.26 Å². The molecule has 22 heavy (non-hydrogen) atoms. The number of ether oxygens (including phenoxy) is 1. The lowest BCUT2D eigenvalue weighted by molar-refractivity contribution is 0.0546. The first kappa shape index (κ1) is 17.2. The van der Waals surface area contributed by atoms with Crippen molar-refractivity contribution >= 4 is 24.0 Å². The van der Waals surface area contributed by atoms with E-state index in [1.54, 1.807) is 0 Å². The molecule has 2 N–H and O–H groups in total. The van der Waals surface area contributed by atoms with E-state index in [2.05, 4.69) is 10.1 Å². The van der Waals surface area contributed by atoms with Gasteiger partial charge < -0.3 is 15.0 Å². The number of halogens is 2. The minimum Gasteiger partial charge on any atom is -0.381 e. The highest BCUT2D eigenvalue weighted by Crippen LogP contribution is 2.27. The largest absolute Gasteiger partial charge is 0.381 e. The van der Waals surface area contributed by atoms with Gasteiger partial charge in [0, 0.05) is 24.7 Å². The predicted octanol–water partition coefficient (Wildman–Crippen LogP) is 3.16. The molecule has 0 amide bonds. The lowest BCUT2D eigenvalue weighted by atomic mass is 9.92. The first-order valence-corrected chi connectivity index (χ1v) is 7.51. The van der Waals surface area contributed by atoms with Crippen molar-refractivity contribution in [3.63, 3.8) is 0 Å². The van der Waals surface area contributed by atoms with Gasteiger partial charge in [0.2, 0.25) is 5.89 Å². The van der Waals surface area contributed by atoms with Crippen molar-refractivity contribution in [2.45, 2.75) is 25.3 Å². The molecule has 3 rings (SSSR count). The summed E-state index contributed by atoms with van der Waals surface area (Å²) >= 11 is 6.14. The number of nitrogens with zero attached hydrogens (tertiary/aromatic N) is 2. The van der Waals surface area contributed by atoms with E-state index < -0.39 is 0 Å². The predicted molar refractivity (Wildman–Crippen MR) is 86.3 cm³/mol. The second kappa shape index (κ2) is 7.92. The Morgan fingerprint density at radius 1 is 1.27 bits per heavy atom. The van der Waals surface area contributed by atoms with Crippen LogP contribution < -0.4 is 5.73 Å². The first-order valence-electron chi connectivity index (χ1n) is 7.13. The smallest absolute Gasteiger partial charge is 0.243 e. The standard InChI is InChI=1S/C15H18ClN3O2.ClH/c16-12-4-2-1-3-11(12)9-13-18-15(21-19-13)14(17)10-5-7-20-8-6-10;/h1-4,10,14H,5-9,17H2;1H. The van der Waals surface area contributed by atoms with Crippen LogP contribution in [0.5, 0.6) is 0 Å². The number of aromatic nitrogens is 2. The summed E-state index contributed by atoms with van der Waals surface area (Å²) in [4.78, 5) is 4.42. The topological polar surface area (TPSA) is 74.2 Å². The van der Waals surface area contributed by atoms with Crippen LogP contribution in [0.25, 0.3) is 0 Å².